The van der Waals surface area contributed by atoms with E-state index in [9.17, 15) is 5.11 Å². The van der Waals surface area contributed by atoms with Crippen molar-refractivity contribution in [2.45, 2.75) is 13.0 Å². The number of para-hydroxylation sites is 2. The lowest BCUT2D eigenvalue weighted by Gasteiger charge is -2.27. The maximum atomic E-state index is 11.3. The molecular formula is C24H20N4O. The molecule has 1 aromatic heterocycles. The summed E-state index contributed by atoms with van der Waals surface area (Å²) in [7, 11) is 0. The Morgan fingerprint density at radius 2 is 1.62 bits per heavy atom. The van der Waals surface area contributed by atoms with Crippen LogP contribution in [0.25, 0.3) is 16.6 Å². The van der Waals surface area contributed by atoms with Crippen LogP contribution >= 0.6 is 0 Å². The van der Waals surface area contributed by atoms with Crippen LogP contribution in [0.3, 0.4) is 0 Å². The zero-order valence-electron chi connectivity index (χ0n) is 15.9. The average Bonchev–Trinajstić information content (AvgIpc) is 3.27. The summed E-state index contributed by atoms with van der Waals surface area (Å²) in [6, 6.07) is 25.0. The lowest BCUT2D eigenvalue weighted by molar-refractivity contribution is 0.379. The first kappa shape index (κ1) is 17.3. The van der Waals surface area contributed by atoms with Crippen LogP contribution in [-0.2, 0) is 0 Å². The molecule has 5 heteroatoms. The number of rotatable bonds is 3. The Labute approximate surface area is 168 Å². The number of aromatic nitrogens is 2. The summed E-state index contributed by atoms with van der Waals surface area (Å²) >= 11 is 0. The van der Waals surface area contributed by atoms with Crippen LogP contribution in [0.15, 0.2) is 84.6 Å². The molecule has 2 heterocycles. The van der Waals surface area contributed by atoms with Crippen LogP contribution in [-0.4, -0.2) is 20.9 Å². The number of imidazole rings is 1. The van der Waals surface area contributed by atoms with Gasteiger partial charge in [0.2, 0.25) is 0 Å². The van der Waals surface area contributed by atoms with Gasteiger partial charge >= 0.3 is 0 Å². The van der Waals surface area contributed by atoms with Crippen LogP contribution in [0, 0.1) is 12.3 Å². The second-order valence-electron chi connectivity index (χ2n) is 7.23. The van der Waals surface area contributed by atoms with E-state index in [0.29, 0.717) is 11.4 Å². The number of fused-ring (bicyclic) bond motifs is 1. The van der Waals surface area contributed by atoms with E-state index in [4.69, 9.17) is 5.41 Å². The van der Waals surface area contributed by atoms with E-state index in [-0.39, 0.29) is 11.6 Å². The molecule has 0 radical (unpaired) electrons. The second kappa shape index (κ2) is 6.63. The monoisotopic (exact) mass is 380 g/mol. The van der Waals surface area contributed by atoms with E-state index >= 15 is 0 Å². The van der Waals surface area contributed by atoms with E-state index in [1.165, 1.54) is 0 Å². The fourth-order valence-electron chi connectivity index (χ4n) is 3.86. The molecule has 3 N–H and O–H groups in total. The van der Waals surface area contributed by atoms with Gasteiger partial charge in [-0.2, -0.15) is 0 Å². The minimum absolute atomic E-state index is 0.126. The molecule has 0 fully saturated rings. The molecule has 4 aromatic rings. The topological polar surface area (TPSA) is 76.0 Å². The van der Waals surface area contributed by atoms with Gasteiger partial charge in [-0.05, 0) is 36.8 Å². The van der Waals surface area contributed by atoms with E-state index in [0.717, 1.165) is 27.8 Å². The van der Waals surface area contributed by atoms with Crippen molar-refractivity contribution in [3.63, 3.8) is 0 Å². The van der Waals surface area contributed by atoms with Crippen LogP contribution in [0.4, 0.5) is 5.69 Å². The van der Waals surface area contributed by atoms with Crippen molar-refractivity contribution in [1.82, 2.24) is 9.97 Å². The minimum atomic E-state index is -0.477. The highest BCUT2D eigenvalue weighted by Gasteiger charge is 2.40. The van der Waals surface area contributed by atoms with Gasteiger partial charge in [-0.25, -0.2) is 4.98 Å². The highest BCUT2D eigenvalue weighted by Crippen LogP contribution is 2.43. The van der Waals surface area contributed by atoms with E-state index < -0.39 is 6.04 Å². The van der Waals surface area contributed by atoms with Crippen molar-refractivity contribution in [2.75, 3.05) is 4.90 Å². The molecule has 5 rings (SSSR count). The van der Waals surface area contributed by atoms with Crippen molar-refractivity contribution < 1.29 is 5.11 Å². The average molecular weight is 380 g/mol. The summed E-state index contributed by atoms with van der Waals surface area (Å²) in [6.07, 6.45) is 0. The van der Waals surface area contributed by atoms with Crippen molar-refractivity contribution >= 4 is 28.1 Å². The predicted molar refractivity (Wildman–Crippen MR) is 116 cm³/mol. The van der Waals surface area contributed by atoms with Crippen LogP contribution in [0.1, 0.15) is 23.0 Å². The Kier molecular flexibility index (Phi) is 3.95. The highest BCUT2D eigenvalue weighted by atomic mass is 16.3. The van der Waals surface area contributed by atoms with Crippen molar-refractivity contribution in [1.29, 1.82) is 5.41 Å². The van der Waals surface area contributed by atoms with Crippen molar-refractivity contribution in [3.05, 3.63) is 102 Å². The molecule has 1 aliphatic heterocycles. The molecular weight excluding hydrogens is 360 g/mol. The fourth-order valence-corrected chi connectivity index (χ4v) is 3.86. The van der Waals surface area contributed by atoms with Gasteiger partial charge in [0.05, 0.1) is 16.6 Å². The third-order valence-corrected chi connectivity index (χ3v) is 5.30. The van der Waals surface area contributed by atoms with Gasteiger partial charge in [-0.15, -0.1) is 0 Å². The normalized spacial score (nSPS) is 16.8. The molecule has 1 atom stereocenters. The standard InChI is InChI=1S/C24H20N4O/c1-15-11-13-17(14-12-15)28-21(16-7-3-2-4-8-16)22(29)20(23(28)25)24-26-18-9-5-6-10-19(18)27-24/h2-14,21,25,29H,1H3,(H,26,27). The van der Waals surface area contributed by atoms with Gasteiger partial charge in [-0.1, -0.05) is 60.2 Å². The van der Waals surface area contributed by atoms with Gasteiger partial charge in [-0.3, -0.25) is 5.41 Å². The minimum Gasteiger partial charge on any atom is -0.509 e. The quantitative estimate of drug-likeness (QED) is 0.447. The number of aliphatic hydroxyl groups excluding tert-OH is 1. The SMILES string of the molecule is Cc1ccc(N2C(=N)C(c3nc4ccccc4[nH]3)=C(O)C2c2ccccc2)cc1. The summed E-state index contributed by atoms with van der Waals surface area (Å²) in [6.45, 7) is 2.03. The number of aromatic amines is 1. The molecule has 0 aliphatic carbocycles. The third-order valence-electron chi connectivity index (χ3n) is 5.30. The Hall–Kier alpha value is -3.86. The number of amidine groups is 1. The molecule has 0 spiro atoms. The van der Waals surface area contributed by atoms with Crippen molar-refractivity contribution in [3.8, 4) is 0 Å². The Bertz CT molecular complexity index is 1210. The van der Waals surface area contributed by atoms with Gasteiger partial charge in [0.25, 0.3) is 0 Å². The number of aryl methyl sites for hydroxylation is 1. The van der Waals surface area contributed by atoms with Crippen molar-refractivity contribution in [2.24, 2.45) is 0 Å². The lowest BCUT2D eigenvalue weighted by atomic mass is 10.0. The molecule has 5 nitrogen and oxygen atoms in total. The zero-order chi connectivity index (χ0) is 20.0. The van der Waals surface area contributed by atoms with Gasteiger partial charge < -0.3 is 15.0 Å². The number of hydrogen-bond donors (Lipinski definition) is 3. The van der Waals surface area contributed by atoms with Gasteiger partial charge in [0.15, 0.2) is 0 Å². The van der Waals surface area contributed by atoms with Gasteiger partial charge in [0.1, 0.15) is 23.5 Å². The molecule has 0 saturated carbocycles. The molecule has 0 saturated heterocycles. The molecule has 3 aromatic carbocycles. The fraction of sp³-hybridized carbons (Fsp3) is 0.0833. The number of nitrogens with one attached hydrogen (secondary N) is 2. The second-order valence-corrected chi connectivity index (χ2v) is 7.23. The Morgan fingerprint density at radius 1 is 0.931 bits per heavy atom. The number of H-pyrrole nitrogens is 1. The van der Waals surface area contributed by atoms with E-state index in [2.05, 4.69) is 9.97 Å². The highest BCUT2D eigenvalue weighted by molar-refractivity contribution is 6.31. The molecule has 29 heavy (non-hydrogen) atoms. The summed E-state index contributed by atoms with van der Waals surface area (Å²) < 4.78 is 0. The third kappa shape index (κ3) is 2.79. The number of hydrogen-bond acceptors (Lipinski definition) is 3. The number of benzene rings is 3. The maximum Gasteiger partial charge on any atom is 0.145 e. The Morgan fingerprint density at radius 3 is 2.34 bits per heavy atom. The molecule has 1 unspecified atom stereocenters. The molecule has 142 valence electrons. The van der Waals surface area contributed by atoms with Crippen LogP contribution in [0.5, 0.6) is 0 Å². The smallest absolute Gasteiger partial charge is 0.145 e. The number of aliphatic hydroxyl groups is 1. The first-order chi connectivity index (χ1) is 14.1. The number of anilines is 1. The first-order valence-corrected chi connectivity index (χ1v) is 9.51. The summed E-state index contributed by atoms with van der Waals surface area (Å²) in [5.74, 6) is 0.851. The molecule has 0 bridgehead atoms. The predicted octanol–water partition coefficient (Wildman–Crippen LogP) is 5.38. The largest absolute Gasteiger partial charge is 0.509 e. The van der Waals surface area contributed by atoms with E-state index in [1.54, 1.807) is 0 Å². The molecule has 0 amide bonds. The summed E-state index contributed by atoms with van der Waals surface area (Å²) in [5.41, 5.74) is 5.02. The summed E-state index contributed by atoms with van der Waals surface area (Å²) in [5, 5.41) is 20.2. The maximum absolute atomic E-state index is 11.3. The summed E-state index contributed by atoms with van der Waals surface area (Å²) in [4.78, 5) is 9.73. The van der Waals surface area contributed by atoms with Crippen LogP contribution in [0.2, 0.25) is 0 Å². The zero-order valence-corrected chi connectivity index (χ0v) is 15.9. The number of nitrogens with zero attached hydrogens (tertiary/aromatic N) is 2. The van der Waals surface area contributed by atoms with Gasteiger partial charge in [0, 0.05) is 5.69 Å². The Balaban J connectivity index is 1.69. The lowest BCUT2D eigenvalue weighted by Crippen LogP contribution is -2.29. The first-order valence-electron chi connectivity index (χ1n) is 9.51. The molecule has 1 aliphatic rings. The van der Waals surface area contributed by atoms with Crippen LogP contribution < -0.4 is 4.90 Å². The van der Waals surface area contributed by atoms with E-state index in [1.807, 2.05) is 90.7 Å².